The highest BCUT2D eigenvalue weighted by Gasteiger charge is 2.35. The second-order valence-corrected chi connectivity index (χ2v) is 12.4. The Balaban J connectivity index is 1.73. The molecule has 2 aliphatic heterocycles. The molecule has 0 aromatic heterocycles. The van der Waals surface area contributed by atoms with Crippen LogP contribution in [0.25, 0.3) is 0 Å². The van der Waals surface area contributed by atoms with Crippen LogP contribution in [-0.4, -0.2) is 108 Å². The Labute approximate surface area is 274 Å². The number of likely N-dealkylation sites (tertiary alicyclic amines) is 1. The number of thioether (sulfide) groups is 1. The van der Waals surface area contributed by atoms with Gasteiger partial charge in [-0.15, -0.1) is 0 Å². The van der Waals surface area contributed by atoms with Gasteiger partial charge in [0.15, 0.2) is 0 Å². The molecular formula is C31H48N6O8S. The Bertz CT molecular complexity index is 1130. The van der Waals surface area contributed by atoms with Gasteiger partial charge in [-0.05, 0) is 38.4 Å². The Morgan fingerprint density at radius 1 is 0.761 bits per heavy atom. The summed E-state index contributed by atoms with van der Waals surface area (Å²) in [6.07, 6.45) is 9.48. The van der Waals surface area contributed by atoms with E-state index in [0.29, 0.717) is 45.3 Å². The van der Waals surface area contributed by atoms with E-state index in [4.69, 9.17) is 0 Å². The van der Waals surface area contributed by atoms with Crippen molar-refractivity contribution in [3.05, 3.63) is 12.2 Å². The summed E-state index contributed by atoms with van der Waals surface area (Å²) in [6, 6.07) is -0.830. The van der Waals surface area contributed by atoms with Crippen molar-refractivity contribution in [2.24, 2.45) is 5.92 Å². The molecule has 2 heterocycles. The monoisotopic (exact) mass is 664 g/mol. The van der Waals surface area contributed by atoms with Crippen molar-refractivity contribution in [3.8, 4) is 0 Å². The van der Waals surface area contributed by atoms with E-state index in [1.54, 1.807) is 18.7 Å². The van der Waals surface area contributed by atoms with Crippen LogP contribution in [0.5, 0.6) is 0 Å². The van der Waals surface area contributed by atoms with Gasteiger partial charge in [-0.2, -0.15) is 11.8 Å². The van der Waals surface area contributed by atoms with E-state index < -0.39 is 29.7 Å². The van der Waals surface area contributed by atoms with Crippen molar-refractivity contribution >= 4 is 59.0 Å². The van der Waals surface area contributed by atoms with E-state index in [9.17, 15) is 38.4 Å². The lowest BCUT2D eigenvalue weighted by Gasteiger charge is -2.20. The standard InChI is InChI=1S/C31H48N6O8S/c1-22-21-29(43)37(31(22)45)19-13-26(40)35-23(30(44)34-17-7-4-3-6-15-33-25(39)14-20-46-2)9-5-8-16-32-24(38)12-18-36-27(41)10-11-28(36)42/h10-11,22-23H,3-9,12-21H2,1-2H3,(H,32,38)(H,33,39)(H,34,44)(H,35,40)/t22?,23-/m0/s1. The Hall–Kier alpha value is -3.75. The largest absolute Gasteiger partial charge is 0.356 e. The fraction of sp³-hybridized carbons (Fsp3) is 0.677. The normalized spacial score (nSPS) is 16.6. The maximum Gasteiger partial charge on any atom is 0.253 e. The first-order valence-electron chi connectivity index (χ1n) is 16.0. The molecule has 0 aromatic rings. The fourth-order valence-corrected chi connectivity index (χ4v) is 5.33. The van der Waals surface area contributed by atoms with Gasteiger partial charge in [-0.3, -0.25) is 48.2 Å². The first-order chi connectivity index (χ1) is 22.0. The molecule has 0 aliphatic carbocycles. The van der Waals surface area contributed by atoms with E-state index in [1.165, 1.54) is 0 Å². The fourth-order valence-electron chi connectivity index (χ4n) is 4.94. The lowest BCUT2D eigenvalue weighted by atomic mass is 10.1. The van der Waals surface area contributed by atoms with E-state index >= 15 is 0 Å². The van der Waals surface area contributed by atoms with E-state index in [2.05, 4.69) is 21.3 Å². The van der Waals surface area contributed by atoms with Gasteiger partial charge < -0.3 is 21.3 Å². The van der Waals surface area contributed by atoms with Gasteiger partial charge in [0, 0.05) is 82.2 Å². The average Bonchev–Trinajstić information content (AvgIpc) is 3.47. The second-order valence-electron chi connectivity index (χ2n) is 11.4. The third-order valence-electron chi connectivity index (χ3n) is 7.65. The van der Waals surface area contributed by atoms with Crippen LogP contribution in [0.1, 0.15) is 77.6 Å². The number of nitrogens with one attached hydrogen (secondary N) is 4. The molecule has 1 saturated heterocycles. The molecule has 0 saturated carbocycles. The molecule has 256 valence electrons. The number of hydrogen-bond donors (Lipinski definition) is 4. The minimum Gasteiger partial charge on any atom is -0.356 e. The molecule has 2 aliphatic rings. The van der Waals surface area contributed by atoms with E-state index in [1.807, 2.05) is 6.26 Å². The van der Waals surface area contributed by atoms with Gasteiger partial charge in [0.25, 0.3) is 11.8 Å². The predicted molar refractivity (Wildman–Crippen MR) is 172 cm³/mol. The summed E-state index contributed by atoms with van der Waals surface area (Å²) in [5.74, 6) is -2.16. The highest BCUT2D eigenvalue weighted by Crippen LogP contribution is 2.18. The zero-order chi connectivity index (χ0) is 33.9. The minimum atomic E-state index is -0.830. The van der Waals surface area contributed by atoms with E-state index in [0.717, 1.165) is 53.4 Å². The Morgan fingerprint density at radius 2 is 1.30 bits per heavy atom. The van der Waals surface area contributed by atoms with Gasteiger partial charge >= 0.3 is 0 Å². The van der Waals surface area contributed by atoms with Gasteiger partial charge in [-0.1, -0.05) is 19.8 Å². The molecule has 1 fully saturated rings. The summed E-state index contributed by atoms with van der Waals surface area (Å²) >= 11 is 1.63. The van der Waals surface area contributed by atoms with Crippen LogP contribution >= 0.6 is 11.8 Å². The lowest BCUT2D eigenvalue weighted by Crippen LogP contribution is -2.47. The number of amides is 8. The van der Waals surface area contributed by atoms with Crippen molar-refractivity contribution < 1.29 is 38.4 Å². The summed E-state index contributed by atoms with van der Waals surface area (Å²) in [6.45, 7) is 2.98. The molecule has 8 amide bonds. The lowest BCUT2D eigenvalue weighted by molar-refractivity contribution is -0.140. The number of nitrogens with zero attached hydrogens (tertiary/aromatic N) is 2. The number of carbonyl (C=O) groups excluding carboxylic acids is 8. The van der Waals surface area contributed by atoms with Gasteiger partial charge in [0.1, 0.15) is 6.04 Å². The first kappa shape index (κ1) is 38.4. The molecule has 0 bridgehead atoms. The van der Waals surface area contributed by atoms with Crippen LogP contribution in [0, 0.1) is 5.92 Å². The van der Waals surface area contributed by atoms with Crippen molar-refractivity contribution in [2.75, 3.05) is 44.7 Å². The first-order valence-corrected chi connectivity index (χ1v) is 17.4. The van der Waals surface area contributed by atoms with Crippen LogP contribution in [-0.2, 0) is 38.4 Å². The maximum atomic E-state index is 13.0. The van der Waals surface area contributed by atoms with E-state index in [-0.39, 0.29) is 61.9 Å². The SMILES string of the molecule is CSCCC(=O)NCCCCCCNC(=O)[C@H](CCCCNC(=O)CCN1C(=O)C=CC1=O)NC(=O)CCN1C(=O)CC(C)C1=O. The number of unbranched alkanes of at least 4 members (excludes halogenated alkanes) is 4. The Morgan fingerprint density at radius 3 is 1.89 bits per heavy atom. The third-order valence-corrected chi connectivity index (χ3v) is 8.26. The number of rotatable bonds is 23. The predicted octanol–water partition coefficient (Wildman–Crippen LogP) is 0.404. The van der Waals surface area contributed by atoms with Crippen molar-refractivity contribution in [1.29, 1.82) is 0 Å². The topological polar surface area (TPSA) is 191 Å². The van der Waals surface area contributed by atoms with Crippen LogP contribution in [0.4, 0.5) is 0 Å². The highest BCUT2D eigenvalue weighted by molar-refractivity contribution is 7.98. The zero-order valence-corrected chi connectivity index (χ0v) is 27.7. The number of hydrogen-bond acceptors (Lipinski definition) is 9. The second kappa shape index (κ2) is 21.1. The molecule has 2 rings (SSSR count). The molecule has 46 heavy (non-hydrogen) atoms. The zero-order valence-electron chi connectivity index (χ0n) is 26.9. The summed E-state index contributed by atoms with van der Waals surface area (Å²) < 4.78 is 0. The molecular weight excluding hydrogens is 616 g/mol. The van der Waals surface area contributed by atoms with Crippen LogP contribution in [0.3, 0.4) is 0 Å². The van der Waals surface area contributed by atoms with Crippen molar-refractivity contribution in [2.45, 2.75) is 83.6 Å². The Kier molecular flexibility index (Phi) is 17.6. The molecule has 1 unspecified atom stereocenters. The summed E-state index contributed by atoms with van der Waals surface area (Å²) in [7, 11) is 0. The van der Waals surface area contributed by atoms with Gasteiger partial charge in [0.2, 0.25) is 35.4 Å². The number of imide groups is 2. The van der Waals surface area contributed by atoms with Crippen molar-refractivity contribution in [1.82, 2.24) is 31.1 Å². The summed E-state index contributed by atoms with van der Waals surface area (Å²) in [5.41, 5.74) is 0. The molecule has 14 nitrogen and oxygen atoms in total. The molecule has 15 heteroatoms. The molecule has 0 radical (unpaired) electrons. The van der Waals surface area contributed by atoms with Crippen LogP contribution in [0.15, 0.2) is 12.2 Å². The van der Waals surface area contributed by atoms with Crippen LogP contribution < -0.4 is 21.3 Å². The van der Waals surface area contributed by atoms with Gasteiger partial charge in [-0.25, -0.2) is 0 Å². The smallest absolute Gasteiger partial charge is 0.253 e. The summed E-state index contributed by atoms with van der Waals surface area (Å²) in [5, 5.41) is 11.2. The minimum absolute atomic E-state index is 0.00672. The van der Waals surface area contributed by atoms with Gasteiger partial charge in [0.05, 0.1) is 0 Å². The molecule has 0 spiro atoms. The van der Waals surface area contributed by atoms with Crippen molar-refractivity contribution in [3.63, 3.8) is 0 Å². The molecule has 0 aromatic carbocycles. The highest BCUT2D eigenvalue weighted by atomic mass is 32.2. The van der Waals surface area contributed by atoms with Crippen LogP contribution in [0.2, 0.25) is 0 Å². The quantitative estimate of drug-likeness (QED) is 0.0885. The third kappa shape index (κ3) is 14.1. The molecule has 2 atom stereocenters. The summed E-state index contributed by atoms with van der Waals surface area (Å²) in [4.78, 5) is 99.0. The maximum absolute atomic E-state index is 13.0. The number of carbonyl (C=O) groups is 8. The molecule has 4 N–H and O–H groups in total. The average molecular weight is 665 g/mol.